The molecule has 4 heterocycles. The fourth-order valence-corrected chi connectivity index (χ4v) is 5.87. The topological polar surface area (TPSA) is 102 Å². The second-order valence-corrected chi connectivity index (χ2v) is 9.15. The summed E-state index contributed by atoms with van der Waals surface area (Å²) >= 11 is 6.47. The highest BCUT2D eigenvalue weighted by molar-refractivity contribution is 6.32. The van der Waals surface area contributed by atoms with Gasteiger partial charge < -0.3 is 19.5 Å². The lowest BCUT2D eigenvalue weighted by Crippen LogP contribution is -2.44. The summed E-state index contributed by atoms with van der Waals surface area (Å²) < 4.78 is 6.80. The van der Waals surface area contributed by atoms with Gasteiger partial charge in [-0.05, 0) is 54.5 Å². The first-order valence-corrected chi connectivity index (χ1v) is 11.2. The van der Waals surface area contributed by atoms with Crippen LogP contribution in [0, 0.1) is 0 Å². The quantitative estimate of drug-likeness (QED) is 0.453. The molecule has 0 bridgehead atoms. The highest BCUT2D eigenvalue weighted by Gasteiger charge is 2.45. The number of aliphatic hydroxyl groups is 2. The number of benzene rings is 1. The van der Waals surface area contributed by atoms with Crippen LogP contribution in [0.1, 0.15) is 53.1 Å². The summed E-state index contributed by atoms with van der Waals surface area (Å²) in [6.07, 6.45) is 2.70. The Morgan fingerprint density at radius 1 is 1.19 bits per heavy atom. The maximum Gasteiger partial charge on any atom is 0.343 e. The minimum absolute atomic E-state index is 0.105. The standard InChI is InChI=1S/C24H21ClN2O5/c1-2-24(31)16-6-19-21-13(8-27(19)22(29)15(16)10-32-23(24)30)11-4-3-5-12-14(9-28)17(25)7-18(26-21)20(11)12/h6-7,28,31H,2-5,8-10H2,1H3/t24-/m0/s1. The number of carbonyl (C=O) groups excluding carboxylic acids is 1. The smallest absolute Gasteiger partial charge is 0.343 e. The highest BCUT2D eigenvalue weighted by Crippen LogP contribution is 2.43. The molecule has 0 saturated heterocycles. The van der Waals surface area contributed by atoms with Crippen molar-refractivity contribution in [3.8, 4) is 11.4 Å². The molecule has 3 aromatic rings. The SMILES string of the molecule is CC[C@@]1(O)C(=O)OCc2c1cc1n(c2=O)Cc2c-1nc1cc(Cl)c(CO)c3c1c2CCC3. The van der Waals surface area contributed by atoms with Crippen molar-refractivity contribution in [2.45, 2.75) is 58.0 Å². The normalized spacial score (nSPS) is 20.7. The number of aliphatic hydroxyl groups excluding tert-OH is 1. The van der Waals surface area contributed by atoms with Gasteiger partial charge in [0.1, 0.15) is 6.61 Å². The molecule has 1 atom stereocenters. The molecule has 1 aromatic carbocycles. The van der Waals surface area contributed by atoms with Crippen LogP contribution in [0.3, 0.4) is 0 Å². The van der Waals surface area contributed by atoms with Crippen LogP contribution in [0.15, 0.2) is 16.9 Å². The van der Waals surface area contributed by atoms with E-state index in [-0.39, 0.29) is 25.2 Å². The van der Waals surface area contributed by atoms with Crippen molar-refractivity contribution >= 4 is 28.5 Å². The van der Waals surface area contributed by atoms with Crippen LogP contribution in [0.4, 0.5) is 0 Å². The Hall–Kier alpha value is -2.74. The number of aromatic nitrogens is 2. The third-order valence-corrected chi connectivity index (χ3v) is 7.61. The van der Waals surface area contributed by atoms with Crippen molar-refractivity contribution < 1.29 is 19.7 Å². The molecule has 1 aliphatic carbocycles. The zero-order valence-corrected chi connectivity index (χ0v) is 18.3. The zero-order valence-electron chi connectivity index (χ0n) is 17.5. The number of hydrogen-bond donors (Lipinski definition) is 2. The zero-order chi connectivity index (χ0) is 22.4. The second-order valence-electron chi connectivity index (χ2n) is 8.74. The molecule has 7 nitrogen and oxygen atoms in total. The average Bonchev–Trinajstić information content (AvgIpc) is 3.16. The van der Waals surface area contributed by atoms with Gasteiger partial charge in [0.25, 0.3) is 5.56 Å². The van der Waals surface area contributed by atoms with Crippen LogP contribution in [0.25, 0.3) is 22.3 Å². The van der Waals surface area contributed by atoms with Crippen LogP contribution in [-0.4, -0.2) is 25.7 Å². The van der Waals surface area contributed by atoms with Gasteiger partial charge in [0.15, 0.2) is 5.60 Å². The highest BCUT2D eigenvalue weighted by atomic mass is 35.5. The maximum atomic E-state index is 13.4. The van der Waals surface area contributed by atoms with Gasteiger partial charge >= 0.3 is 5.97 Å². The predicted molar refractivity (Wildman–Crippen MR) is 117 cm³/mol. The van der Waals surface area contributed by atoms with Crippen molar-refractivity contribution in [2.75, 3.05) is 0 Å². The van der Waals surface area contributed by atoms with E-state index in [4.69, 9.17) is 21.3 Å². The molecule has 0 saturated carbocycles. The summed E-state index contributed by atoms with van der Waals surface area (Å²) in [6, 6.07) is 3.51. The summed E-state index contributed by atoms with van der Waals surface area (Å²) in [6.45, 7) is 1.79. The van der Waals surface area contributed by atoms with Gasteiger partial charge in [-0.25, -0.2) is 9.78 Å². The van der Waals surface area contributed by atoms with E-state index in [0.717, 1.165) is 52.4 Å². The number of ether oxygens (including phenoxy) is 1. The van der Waals surface area contributed by atoms with E-state index in [2.05, 4.69) is 0 Å². The lowest BCUT2D eigenvalue weighted by molar-refractivity contribution is -0.172. The van der Waals surface area contributed by atoms with Crippen LogP contribution in [-0.2, 0) is 47.7 Å². The molecule has 0 amide bonds. The lowest BCUT2D eigenvalue weighted by atomic mass is 9.84. The molecular formula is C24H21ClN2O5. The van der Waals surface area contributed by atoms with E-state index in [1.165, 1.54) is 0 Å². The van der Waals surface area contributed by atoms with Gasteiger partial charge in [-0.15, -0.1) is 0 Å². The van der Waals surface area contributed by atoms with Crippen molar-refractivity contribution in [1.82, 2.24) is 9.55 Å². The monoisotopic (exact) mass is 452 g/mol. The van der Waals surface area contributed by atoms with Gasteiger partial charge in [0.2, 0.25) is 0 Å². The number of esters is 1. The van der Waals surface area contributed by atoms with Crippen LogP contribution < -0.4 is 5.56 Å². The van der Waals surface area contributed by atoms with Crippen LogP contribution >= 0.6 is 11.6 Å². The minimum Gasteiger partial charge on any atom is -0.458 e. The summed E-state index contributed by atoms with van der Waals surface area (Å²) in [4.78, 5) is 30.6. The summed E-state index contributed by atoms with van der Waals surface area (Å²) in [5.74, 6) is -0.732. The summed E-state index contributed by atoms with van der Waals surface area (Å²) in [5, 5.41) is 22.4. The number of halogens is 1. The number of rotatable bonds is 2. The first-order chi connectivity index (χ1) is 15.4. The Balaban J connectivity index is 1.67. The molecule has 0 spiro atoms. The summed E-state index contributed by atoms with van der Waals surface area (Å²) in [5.41, 5.74) is 4.43. The number of fused-ring (bicyclic) bond motifs is 5. The second kappa shape index (κ2) is 6.63. The van der Waals surface area contributed by atoms with E-state index in [1.54, 1.807) is 23.6 Å². The molecule has 0 unspecified atom stereocenters. The number of nitrogens with zero attached hydrogens (tertiary/aromatic N) is 2. The van der Waals surface area contributed by atoms with E-state index >= 15 is 0 Å². The van der Waals surface area contributed by atoms with Crippen LogP contribution in [0.5, 0.6) is 0 Å². The number of hydrogen-bond acceptors (Lipinski definition) is 6. The molecule has 2 aliphatic heterocycles. The van der Waals surface area contributed by atoms with Crippen molar-refractivity contribution in [3.63, 3.8) is 0 Å². The summed E-state index contributed by atoms with van der Waals surface area (Å²) in [7, 11) is 0. The first-order valence-electron chi connectivity index (χ1n) is 10.8. The fraction of sp³-hybridized carbons (Fsp3) is 0.375. The average molecular weight is 453 g/mol. The van der Waals surface area contributed by atoms with E-state index in [9.17, 15) is 19.8 Å². The fourth-order valence-electron chi connectivity index (χ4n) is 5.59. The Bertz CT molecular complexity index is 1430. The minimum atomic E-state index is -1.84. The molecule has 8 heteroatoms. The third-order valence-electron chi connectivity index (χ3n) is 7.27. The van der Waals surface area contributed by atoms with Gasteiger partial charge in [0.05, 0.1) is 35.6 Å². The molecule has 32 heavy (non-hydrogen) atoms. The van der Waals surface area contributed by atoms with Crippen molar-refractivity contribution in [2.24, 2.45) is 0 Å². The molecule has 164 valence electrons. The van der Waals surface area contributed by atoms with E-state index in [0.29, 0.717) is 34.1 Å². The van der Waals surface area contributed by atoms with Crippen molar-refractivity contribution in [1.29, 1.82) is 0 Å². The number of cyclic esters (lactones) is 1. The molecule has 6 rings (SSSR count). The number of pyridine rings is 2. The van der Waals surface area contributed by atoms with Gasteiger partial charge in [-0.1, -0.05) is 18.5 Å². The Morgan fingerprint density at radius 3 is 2.72 bits per heavy atom. The molecule has 0 fully saturated rings. The van der Waals surface area contributed by atoms with Crippen molar-refractivity contribution in [3.05, 3.63) is 60.9 Å². The third kappa shape index (κ3) is 2.36. The molecule has 2 N–H and O–H groups in total. The van der Waals surface area contributed by atoms with E-state index in [1.807, 2.05) is 0 Å². The Labute approximate surface area is 188 Å². The Morgan fingerprint density at radius 2 is 1.97 bits per heavy atom. The predicted octanol–water partition coefficient (Wildman–Crippen LogP) is 2.71. The number of aryl methyl sites for hydroxylation is 2. The largest absolute Gasteiger partial charge is 0.458 e. The lowest BCUT2D eigenvalue weighted by Gasteiger charge is -2.31. The first kappa shape index (κ1) is 19.9. The molecule has 3 aliphatic rings. The van der Waals surface area contributed by atoms with E-state index < -0.39 is 11.6 Å². The van der Waals surface area contributed by atoms with Gasteiger partial charge in [-0.3, -0.25) is 4.79 Å². The molecule has 2 aromatic heterocycles. The maximum absolute atomic E-state index is 13.4. The molecule has 0 radical (unpaired) electrons. The van der Waals surface area contributed by atoms with Crippen LogP contribution in [0.2, 0.25) is 5.02 Å². The van der Waals surface area contributed by atoms with Gasteiger partial charge in [-0.2, -0.15) is 0 Å². The Kier molecular flexibility index (Phi) is 4.13. The van der Waals surface area contributed by atoms with Gasteiger partial charge in [0, 0.05) is 21.5 Å². The number of carbonyl (C=O) groups is 1. The molecular weight excluding hydrogens is 432 g/mol.